The molecule has 3 heterocycles. The predicted molar refractivity (Wildman–Crippen MR) is 104 cm³/mol. The van der Waals surface area contributed by atoms with Gasteiger partial charge in [0, 0.05) is 36.9 Å². The fourth-order valence-corrected chi connectivity index (χ4v) is 4.29. The molecule has 1 aliphatic heterocycles. The van der Waals surface area contributed by atoms with Gasteiger partial charge in [-0.3, -0.25) is 9.59 Å². The number of fused-ring (bicyclic) bond motifs is 1. The molecule has 0 spiro atoms. The van der Waals surface area contributed by atoms with Gasteiger partial charge >= 0.3 is 0 Å². The van der Waals surface area contributed by atoms with Crippen molar-refractivity contribution >= 4 is 39.9 Å². The largest absolute Gasteiger partial charge is 0.341 e. The van der Waals surface area contributed by atoms with Crippen molar-refractivity contribution in [1.82, 2.24) is 20.2 Å². The summed E-state index contributed by atoms with van der Waals surface area (Å²) in [5, 5.41) is 3.93. The van der Waals surface area contributed by atoms with Crippen molar-refractivity contribution in [3.05, 3.63) is 26.6 Å². The van der Waals surface area contributed by atoms with Crippen LogP contribution in [0, 0.1) is 13.8 Å². The van der Waals surface area contributed by atoms with E-state index in [4.69, 9.17) is 0 Å². The lowest BCUT2D eigenvalue weighted by molar-refractivity contribution is -0.132. The van der Waals surface area contributed by atoms with Gasteiger partial charge in [0.15, 0.2) is 0 Å². The molecule has 3 rings (SSSR count). The number of H-pyrrole nitrogens is 1. The Morgan fingerprint density at radius 2 is 2.20 bits per heavy atom. The number of amides is 1. The Bertz CT molecular complexity index is 817. The van der Waals surface area contributed by atoms with Crippen molar-refractivity contribution in [2.24, 2.45) is 0 Å². The molecule has 0 saturated carbocycles. The molecule has 2 aromatic rings. The number of hydrogen-bond acceptors (Lipinski definition) is 5. The Morgan fingerprint density at radius 3 is 2.92 bits per heavy atom. The van der Waals surface area contributed by atoms with Crippen LogP contribution in [0.2, 0.25) is 0 Å². The number of carbonyl (C=O) groups excluding carboxylic acids is 1. The summed E-state index contributed by atoms with van der Waals surface area (Å²) in [5.74, 6) is 0.737. The van der Waals surface area contributed by atoms with Crippen molar-refractivity contribution in [3.8, 4) is 0 Å². The third kappa shape index (κ3) is 4.22. The fraction of sp³-hybridized carbons (Fsp3) is 0.588. The van der Waals surface area contributed by atoms with Crippen LogP contribution in [-0.4, -0.2) is 47.0 Å². The molecular formula is C17H25ClN4O2S. The van der Waals surface area contributed by atoms with Crippen LogP contribution in [-0.2, 0) is 11.2 Å². The second-order valence-electron chi connectivity index (χ2n) is 6.44. The van der Waals surface area contributed by atoms with Crippen molar-refractivity contribution in [2.45, 2.75) is 45.6 Å². The van der Waals surface area contributed by atoms with Gasteiger partial charge in [-0.05, 0) is 39.3 Å². The number of hydrogen-bond donors (Lipinski definition) is 2. The number of nitrogens with one attached hydrogen (secondary N) is 2. The van der Waals surface area contributed by atoms with E-state index < -0.39 is 0 Å². The van der Waals surface area contributed by atoms with Crippen LogP contribution in [0.3, 0.4) is 0 Å². The summed E-state index contributed by atoms with van der Waals surface area (Å²) in [6.07, 6.45) is 3.00. The van der Waals surface area contributed by atoms with Gasteiger partial charge in [-0.15, -0.1) is 23.7 Å². The summed E-state index contributed by atoms with van der Waals surface area (Å²) in [4.78, 5) is 35.9. The van der Waals surface area contributed by atoms with Gasteiger partial charge in [-0.25, -0.2) is 4.98 Å². The molecule has 0 radical (unpaired) electrons. The Kier molecular flexibility index (Phi) is 6.59. The van der Waals surface area contributed by atoms with E-state index in [1.165, 1.54) is 11.3 Å². The zero-order valence-electron chi connectivity index (χ0n) is 14.8. The topological polar surface area (TPSA) is 78.1 Å². The highest BCUT2D eigenvalue weighted by Crippen LogP contribution is 2.25. The highest BCUT2D eigenvalue weighted by molar-refractivity contribution is 7.18. The molecule has 1 atom stereocenters. The molecule has 2 aromatic heterocycles. The van der Waals surface area contributed by atoms with Crippen molar-refractivity contribution in [2.75, 3.05) is 20.1 Å². The summed E-state index contributed by atoms with van der Waals surface area (Å²) in [6, 6.07) is 0.383. The first-order valence-corrected chi connectivity index (χ1v) is 9.25. The number of likely N-dealkylation sites (tertiary alicyclic amines) is 1. The molecule has 1 fully saturated rings. The molecule has 2 N–H and O–H groups in total. The lowest BCUT2D eigenvalue weighted by Crippen LogP contribution is -2.47. The lowest BCUT2D eigenvalue weighted by Gasteiger charge is -2.32. The van der Waals surface area contributed by atoms with Gasteiger partial charge in [0.05, 0.1) is 5.39 Å². The van der Waals surface area contributed by atoms with Crippen LogP contribution in [0.4, 0.5) is 0 Å². The Morgan fingerprint density at radius 1 is 1.44 bits per heavy atom. The molecule has 6 nitrogen and oxygen atoms in total. The number of thiophene rings is 1. The SMILES string of the molecule is CNC1CCCN(C(=O)CCc2nc3sc(C)c(C)c3c(=O)[nH]2)C1.Cl. The van der Waals surface area contributed by atoms with Gasteiger partial charge in [0.25, 0.3) is 5.56 Å². The number of aryl methyl sites for hydroxylation is 3. The van der Waals surface area contributed by atoms with Crippen LogP contribution >= 0.6 is 23.7 Å². The maximum absolute atomic E-state index is 12.4. The minimum Gasteiger partial charge on any atom is -0.341 e. The molecular weight excluding hydrogens is 360 g/mol. The van der Waals surface area contributed by atoms with E-state index in [1.807, 2.05) is 25.8 Å². The van der Waals surface area contributed by atoms with Crippen LogP contribution in [0.25, 0.3) is 10.2 Å². The number of rotatable bonds is 4. The first-order chi connectivity index (χ1) is 11.5. The maximum atomic E-state index is 12.4. The predicted octanol–water partition coefficient (Wildman–Crippen LogP) is 2.17. The molecule has 138 valence electrons. The second-order valence-corrected chi connectivity index (χ2v) is 7.65. The lowest BCUT2D eigenvalue weighted by atomic mass is 10.1. The van der Waals surface area contributed by atoms with Crippen LogP contribution < -0.4 is 10.9 Å². The number of aromatic amines is 1. The van der Waals surface area contributed by atoms with E-state index >= 15 is 0 Å². The van der Waals surface area contributed by atoms with Crippen LogP contribution in [0.5, 0.6) is 0 Å². The van der Waals surface area contributed by atoms with Gasteiger partial charge in [0.1, 0.15) is 10.7 Å². The zero-order valence-corrected chi connectivity index (χ0v) is 16.5. The van der Waals surface area contributed by atoms with E-state index in [2.05, 4.69) is 15.3 Å². The smallest absolute Gasteiger partial charge is 0.259 e. The van der Waals surface area contributed by atoms with Gasteiger partial charge in [-0.2, -0.15) is 0 Å². The van der Waals surface area contributed by atoms with Crippen molar-refractivity contribution < 1.29 is 4.79 Å². The minimum absolute atomic E-state index is 0. The highest BCUT2D eigenvalue weighted by atomic mass is 35.5. The standard InChI is InChI=1S/C17H24N4O2S.ClH/c1-10-11(2)24-17-15(10)16(23)19-13(20-17)6-7-14(22)21-8-4-5-12(9-21)18-3;/h12,18H,4-9H2,1-3H3,(H,19,20,23);1H. The molecule has 25 heavy (non-hydrogen) atoms. The minimum atomic E-state index is -0.0995. The Labute approximate surface area is 157 Å². The summed E-state index contributed by atoms with van der Waals surface area (Å²) in [6.45, 7) is 5.53. The number of aromatic nitrogens is 2. The Balaban J connectivity index is 0.00000225. The molecule has 1 unspecified atom stereocenters. The number of carbonyl (C=O) groups is 1. The van der Waals surface area contributed by atoms with Crippen molar-refractivity contribution in [1.29, 1.82) is 0 Å². The zero-order chi connectivity index (χ0) is 17.3. The third-order valence-corrected chi connectivity index (χ3v) is 5.95. The summed E-state index contributed by atoms with van der Waals surface area (Å²) in [5.41, 5.74) is 0.898. The summed E-state index contributed by atoms with van der Waals surface area (Å²) < 4.78 is 0. The molecule has 0 bridgehead atoms. The van der Waals surface area contributed by atoms with E-state index in [-0.39, 0.29) is 23.9 Å². The maximum Gasteiger partial charge on any atom is 0.259 e. The normalized spacial score (nSPS) is 17.6. The van der Waals surface area contributed by atoms with E-state index in [9.17, 15) is 9.59 Å². The second kappa shape index (κ2) is 8.29. The van der Waals surface area contributed by atoms with Gasteiger partial charge < -0.3 is 15.2 Å². The quantitative estimate of drug-likeness (QED) is 0.846. The van der Waals surface area contributed by atoms with Crippen molar-refractivity contribution in [3.63, 3.8) is 0 Å². The average molecular weight is 385 g/mol. The molecule has 1 aliphatic rings. The molecule has 1 amide bonds. The molecule has 1 saturated heterocycles. The number of nitrogens with zero attached hydrogens (tertiary/aromatic N) is 2. The Hall–Kier alpha value is -1.44. The van der Waals surface area contributed by atoms with Gasteiger partial charge in [-0.1, -0.05) is 0 Å². The number of likely N-dealkylation sites (N-methyl/N-ethyl adjacent to an activating group) is 1. The first-order valence-electron chi connectivity index (χ1n) is 8.43. The monoisotopic (exact) mass is 384 g/mol. The summed E-state index contributed by atoms with van der Waals surface area (Å²) in [7, 11) is 1.94. The summed E-state index contributed by atoms with van der Waals surface area (Å²) >= 11 is 1.54. The molecule has 8 heteroatoms. The average Bonchev–Trinajstić information content (AvgIpc) is 2.87. The highest BCUT2D eigenvalue weighted by Gasteiger charge is 2.22. The van der Waals surface area contributed by atoms with Crippen LogP contribution in [0.1, 0.15) is 35.5 Å². The third-order valence-electron chi connectivity index (χ3n) is 4.85. The van der Waals surface area contributed by atoms with E-state index in [0.29, 0.717) is 30.1 Å². The number of halogens is 1. The van der Waals surface area contributed by atoms with E-state index in [0.717, 1.165) is 41.2 Å². The molecule has 0 aromatic carbocycles. The number of piperidine rings is 1. The van der Waals surface area contributed by atoms with Crippen LogP contribution in [0.15, 0.2) is 4.79 Å². The van der Waals surface area contributed by atoms with Gasteiger partial charge in [0.2, 0.25) is 5.91 Å². The van der Waals surface area contributed by atoms with E-state index in [1.54, 1.807) is 0 Å². The molecule has 0 aliphatic carbocycles. The first kappa shape index (κ1) is 19.9. The fourth-order valence-electron chi connectivity index (χ4n) is 3.24.